The Hall–Kier alpha value is -0.980. The van der Waals surface area contributed by atoms with E-state index in [2.05, 4.69) is 77.6 Å². The molecule has 1 aromatic rings. The van der Waals surface area contributed by atoms with E-state index in [1.54, 1.807) is 0 Å². The third-order valence-electron chi connectivity index (χ3n) is 3.14. The molecule has 0 radical (unpaired) electrons. The van der Waals surface area contributed by atoms with Crippen LogP contribution >= 0.6 is 0 Å². The Morgan fingerprint density at radius 2 is 1.24 bits per heavy atom. The third-order valence-corrected chi connectivity index (χ3v) is 3.14. The van der Waals surface area contributed by atoms with Crippen LogP contribution in [0, 0.1) is 0 Å². The van der Waals surface area contributed by atoms with Crippen molar-refractivity contribution < 1.29 is 0 Å². The maximum absolute atomic E-state index is 2.45. The zero-order valence-electron chi connectivity index (χ0n) is 12.4. The van der Waals surface area contributed by atoms with Crippen LogP contribution in [-0.4, -0.2) is 12.1 Å². The first kappa shape index (κ1) is 14.1. The lowest BCUT2D eigenvalue weighted by Gasteiger charge is -2.33. The lowest BCUT2D eigenvalue weighted by atomic mass is 9.87. The second kappa shape index (κ2) is 5.12. The van der Waals surface area contributed by atoms with Crippen LogP contribution in [0.3, 0.4) is 0 Å². The van der Waals surface area contributed by atoms with Crippen molar-refractivity contribution in [3.05, 3.63) is 29.8 Å². The molecule has 0 spiro atoms. The monoisotopic (exact) mass is 233 g/mol. The standard InChI is InChI=1S/C16H27N/c1-12(2)17(13(3)4)15-10-8-14(9-11-15)16(5,6)7/h8-13H,1-7H3. The molecule has 0 aliphatic heterocycles. The summed E-state index contributed by atoms with van der Waals surface area (Å²) < 4.78 is 0. The fourth-order valence-corrected chi connectivity index (χ4v) is 2.33. The molecule has 0 N–H and O–H groups in total. The smallest absolute Gasteiger partial charge is 0.0371 e. The SMILES string of the molecule is CC(C)N(c1ccc(C(C)(C)C)cc1)C(C)C. The van der Waals surface area contributed by atoms with Crippen LogP contribution in [-0.2, 0) is 5.41 Å². The van der Waals surface area contributed by atoms with Crippen LogP contribution < -0.4 is 4.90 Å². The van der Waals surface area contributed by atoms with E-state index in [9.17, 15) is 0 Å². The van der Waals surface area contributed by atoms with E-state index in [1.807, 2.05) is 0 Å². The molecule has 0 unspecified atom stereocenters. The van der Waals surface area contributed by atoms with E-state index >= 15 is 0 Å². The molecule has 0 bridgehead atoms. The highest BCUT2D eigenvalue weighted by atomic mass is 15.2. The Morgan fingerprint density at radius 3 is 1.53 bits per heavy atom. The minimum Gasteiger partial charge on any atom is -0.367 e. The van der Waals surface area contributed by atoms with Crippen molar-refractivity contribution in [2.75, 3.05) is 4.90 Å². The van der Waals surface area contributed by atoms with Gasteiger partial charge >= 0.3 is 0 Å². The summed E-state index contributed by atoms with van der Waals surface area (Å²) in [6.07, 6.45) is 0. The molecular weight excluding hydrogens is 206 g/mol. The summed E-state index contributed by atoms with van der Waals surface area (Å²) in [6, 6.07) is 10.1. The molecule has 1 aromatic carbocycles. The molecule has 17 heavy (non-hydrogen) atoms. The normalized spacial score (nSPS) is 12.3. The van der Waals surface area contributed by atoms with Crippen molar-refractivity contribution in [2.24, 2.45) is 0 Å². The van der Waals surface area contributed by atoms with Crippen LogP contribution in [0.5, 0.6) is 0 Å². The molecule has 0 aliphatic carbocycles. The van der Waals surface area contributed by atoms with Gasteiger partial charge in [-0.05, 0) is 50.8 Å². The minimum atomic E-state index is 0.235. The van der Waals surface area contributed by atoms with Gasteiger partial charge < -0.3 is 4.90 Å². The summed E-state index contributed by atoms with van der Waals surface area (Å²) in [7, 11) is 0. The second-order valence-corrected chi connectivity index (χ2v) is 6.39. The van der Waals surface area contributed by atoms with E-state index in [-0.39, 0.29) is 5.41 Å². The van der Waals surface area contributed by atoms with Gasteiger partial charge in [0, 0.05) is 17.8 Å². The first-order valence-electron chi connectivity index (χ1n) is 6.62. The van der Waals surface area contributed by atoms with Crippen molar-refractivity contribution in [3.8, 4) is 0 Å². The molecule has 0 atom stereocenters. The van der Waals surface area contributed by atoms with Gasteiger partial charge in [-0.25, -0.2) is 0 Å². The Kier molecular flexibility index (Phi) is 4.24. The summed E-state index contributed by atoms with van der Waals surface area (Å²) in [5.74, 6) is 0. The van der Waals surface area contributed by atoms with Crippen molar-refractivity contribution in [1.82, 2.24) is 0 Å². The zero-order valence-corrected chi connectivity index (χ0v) is 12.4. The number of anilines is 1. The number of hydrogen-bond donors (Lipinski definition) is 0. The van der Waals surface area contributed by atoms with Crippen LogP contribution in [0.2, 0.25) is 0 Å². The van der Waals surface area contributed by atoms with E-state index in [4.69, 9.17) is 0 Å². The summed E-state index contributed by atoms with van der Waals surface area (Å²) in [5, 5.41) is 0. The molecule has 0 saturated heterocycles. The van der Waals surface area contributed by atoms with Gasteiger partial charge in [0.1, 0.15) is 0 Å². The number of hydrogen-bond acceptors (Lipinski definition) is 1. The predicted octanol–water partition coefficient (Wildman–Crippen LogP) is 4.61. The molecule has 1 nitrogen and oxygen atoms in total. The number of benzene rings is 1. The van der Waals surface area contributed by atoms with Gasteiger partial charge in [0.15, 0.2) is 0 Å². The quantitative estimate of drug-likeness (QED) is 0.737. The average Bonchev–Trinajstić information content (AvgIpc) is 2.15. The molecule has 1 heteroatoms. The summed E-state index contributed by atoms with van der Waals surface area (Å²) >= 11 is 0. The summed E-state index contributed by atoms with van der Waals surface area (Å²) in [5.41, 5.74) is 2.95. The van der Waals surface area contributed by atoms with E-state index in [0.717, 1.165) is 0 Å². The predicted molar refractivity (Wildman–Crippen MR) is 77.9 cm³/mol. The second-order valence-electron chi connectivity index (χ2n) is 6.39. The van der Waals surface area contributed by atoms with Crippen LogP contribution in [0.25, 0.3) is 0 Å². The molecular formula is C16H27N. The van der Waals surface area contributed by atoms with Gasteiger partial charge in [-0.15, -0.1) is 0 Å². The molecule has 0 saturated carbocycles. The van der Waals surface area contributed by atoms with Gasteiger partial charge in [0.2, 0.25) is 0 Å². The Labute approximate surface area is 107 Å². The van der Waals surface area contributed by atoms with Crippen molar-refractivity contribution in [3.63, 3.8) is 0 Å². The molecule has 0 fully saturated rings. The highest BCUT2D eigenvalue weighted by molar-refractivity contribution is 5.50. The van der Waals surface area contributed by atoms with E-state index in [1.165, 1.54) is 11.3 Å². The van der Waals surface area contributed by atoms with Gasteiger partial charge in [0.05, 0.1) is 0 Å². The van der Waals surface area contributed by atoms with E-state index in [0.29, 0.717) is 12.1 Å². The zero-order chi connectivity index (χ0) is 13.2. The van der Waals surface area contributed by atoms with Crippen molar-refractivity contribution >= 4 is 5.69 Å². The highest BCUT2D eigenvalue weighted by Gasteiger charge is 2.16. The maximum Gasteiger partial charge on any atom is 0.0371 e. The van der Waals surface area contributed by atoms with Gasteiger partial charge in [0.25, 0.3) is 0 Å². The fraction of sp³-hybridized carbons (Fsp3) is 0.625. The Bertz CT molecular complexity index is 333. The van der Waals surface area contributed by atoms with Gasteiger partial charge in [-0.3, -0.25) is 0 Å². The van der Waals surface area contributed by atoms with Gasteiger partial charge in [-0.2, -0.15) is 0 Å². The lowest BCUT2D eigenvalue weighted by molar-refractivity contribution is 0.587. The molecule has 0 amide bonds. The maximum atomic E-state index is 2.45. The topological polar surface area (TPSA) is 3.24 Å². The average molecular weight is 233 g/mol. The third kappa shape index (κ3) is 3.49. The molecule has 0 aliphatic rings. The Balaban J connectivity index is 3.01. The molecule has 96 valence electrons. The van der Waals surface area contributed by atoms with E-state index < -0.39 is 0 Å². The molecule has 0 heterocycles. The van der Waals surface area contributed by atoms with Gasteiger partial charge in [-0.1, -0.05) is 32.9 Å². The van der Waals surface area contributed by atoms with Crippen molar-refractivity contribution in [1.29, 1.82) is 0 Å². The fourth-order valence-electron chi connectivity index (χ4n) is 2.33. The first-order chi connectivity index (χ1) is 7.73. The molecule has 0 aromatic heterocycles. The van der Waals surface area contributed by atoms with Crippen LogP contribution in [0.1, 0.15) is 54.0 Å². The molecule has 1 rings (SSSR count). The van der Waals surface area contributed by atoms with Crippen LogP contribution in [0.15, 0.2) is 24.3 Å². The highest BCUT2D eigenvalue weighted by Crippen LogP contribution is 2.26. The number of rotatable bonds is 3. The van der Waals surface area contributed by atoms with Crippen LogP contribution in [0.4, 0.5) is 5.69 Å². The first-order valence-corrected chi connectivity index (χ1v) is 6.62. The lowest BCUT2D eigenvalue weighted by Crippen LogP contribution is -2.36. The minimum absolute atomic E-state index is 0.235. The van der Waals surface area contributed by atoms with Crippen molar-refractivity contribution in [2.45, 2.75) is 66.0 Å². The Morgan fingerprint density at radius 1 is 0.824 bits per heavy atom. The summed E-state index contributed by atoms with van der Waals surface area (Å²) in [4.78, 5) is 2.45. The number of nitrogens with zero attached hydrogens (tertiary/aromatic N) is 1. The summed E-state index contributed by atoms with van der Waals surface area (Å²) in [6.45, 7) is 15.8. The largest absolute Gasteiger partial charge is 0.367 e.